The highest BCUT2D eigenvalue weighted by Gasteiger charge is 2.14. The molecular weight excluding hydrogens is 333 g/mol. The summed E-state index contributed by atoms with van der Waals surface area (Å²) in [6.07, 6.45) is 0. The van der Waals surface area contributed by atoms with Gasteiger partial charge >= 0.3 is 0 Å². The summed E-state index contributed by atoms with van der Waals surface area (Å²) in [4.78, 5) is 13.6. The molecule has 0 N–H and O–H groups in total. The van der Waals surface area contributed by atoms with Crippen LogP contribution in [0.1, 0.15) is 10.4 Å². The number of benzene rings is 2. The van der Waals surface area contributed by atoms with Gasteiger partial charge in [-0.3, -0.25) is 4.79 Å². The average molecular weight is 343 g/mol. The topological polar surface area (TPSA) is 20.3 Å². The lowest BCUT2D eigenvalue weighted by Crippen LogP contribution is -2.26. The Morgan fingerprint density at radius 1 is 1.26 bits per heavy atom. The van der Waals surface area contributed by atoms with E-state index < -0.39 is 0 Å². The molecule has 0 saturated heterocycles. The van der Waals surface area contributed by atoms with E-state index in [0.29, 0.717) is 20.7 Å². The molecule has 0 saturated carbocycles. The van der Waals surface area contributed by atoms with Crippen LogP contribution in [0.4, 0.5) is 10.1 Å². The Hall–Kier alpha value is -1.39. The minimum Gasteiger partial charge on any atom is -0.311 e. The van der Waals surface area contributed by atoms with Crippen molar-refractivity contribution in [2.45, 2.75) is 0 Å². The quantitative estimate of drug-likeness (QED) is 0.786. The highest BCUT2D eigenvalue weighted by molar-refractivity contribution is 9.10. The third-order valence-corrected chi connectivity index (χ3v) is 3.88. The average Bonchev–Trinajstić information content (AvgIpc) is 2.40. The van der Waals surface area contributed by atoms with Gasteiger partial charge in [0.25, 0.3) is 5.91 Å². The van der Waals surface area contributed by atoms with E-state index in [2.05, 4.69) is 15.9 Å². The predicted octanol–water partition coefficient (Wildman–Crippen LogP) is 4.52. The summed E-state index contributed by atoms with van der Waals surface area (Å²) in [6, 6.07) is 10.8. The van der Waals surface area contributed by atoms with Crippen LogP contribution in [0.3, 0.4) is 0 Å². The summed E-state index contributed by atoms with van der Waals surface area (Å²) in [5, 5.41) is 0.532. The number of nitrogens with zero attached hydrogens (tertiary/aromatic N) is 1. The maximum atomic E-state index is 13.1. The van der Waals surface area contributed by atoms with Gasteiger partial charge < -0.3 is 4.90 Å². The second kappa shape index (κ2) is 5.72. The van der Waals surface area contributed by atoms with Gasteiger partial charge in [-0.25, -0.2) is 4.39 Å². The van der Waals surface area contributed by atoms with E-state index >= 15 is 0 Å². The molecular formula is C14H10BrClFNO. The fourth-order valence-electron chi connectivity index (χ4n) is 1.62. The third-order valence-electron chi connectivity index (χ3n) is 2.67. The fraction of sp³-hybridized carbons (Fsp3) is 0.0714. The van der Waals surface area contributed by atoms with Gasteiger partial charge in [0.05, 0.1) is 5.02 Å². The Morgan fingerprint density at radius 3 is 2.63 bits per heavy atom. The molecule has 2 aromatic rings. The molecule has 0 heterocycles. The Morgan fingerprint density at radius 2 is 2.00 bits per heavy atom. The van der Waals surface area contributed by atoms with E-state index in [4.69, 9.17) is 11.6 Å². The zero-order valence-corrected chi connectivity index (χ0v) is 12.4. The van der Waals surface area contributed by atoms with Crippen molar-refractivity contribution in [1.29, 1.82) is 0 Å². The molecule has 2 aromatic carbocycles. The van der Waals surface area contributed by atoms with Gasteiger partial charge in [0.2, 0.25) is 0 Å². The lowest BCUT2D eigenvalue weighted by Gasteiger charge is -2.17. The molecule has 0 bridgehead atoms. The zero-order chi connectivity index (χ0) is 14.0. The number of halogens is 3. The molecule has 0 aliphatic rings. The molecule has 2 rings (SSSR count). The molecule has 0 aromatic heterocycles. The van der Waals surface area contributed by atoms with Crippen LogP contribution in [0.15, 0.2) is 46.9 Å². The molecule has 19 heavy (non-hydrogen) atoms. The van der Waals surface area contributed by atoms with Gasteiger partial charge in [-0.15, -0.1) is 0 Å². The first kappa shape index (κ1) is 14.0. The number of hydrogen-bond donors (Lipinski definition) is 0. The first-order valence-electron chi connectivity index (χ1n) is 5.47. The van der Waals surface area contributed by atoms with Gasteiger partial charge in [0.1, 0.15) is 5.82 Å². The van der Waals surface area contributed by atoms with Crippen LogP contribution < -0.4 is 4.90 Å². The van der Waals surface area contributed by atoms with Crippen LogP contribution in [0, 0.1) is 5.82 Å². The van der Waals surface area contributed by atoms with Gasteiger partial charge in [-0.05, 0) is 52.3 Å². The standard InChI is InChI=1S/C14H10BrClFNO/c1-18(11-4-2-3-10(17)8-11)14(19)9-5-6-13(16)12(15)7-9/h2-8H,1H3. The summed E-state index contributed by atoms with van der Waals surface area (Å²) in [5.41, 5.74) is 0.971. The number of carbonyl (C=O) groups excluding carboxylic acids is 1. The first-order valence-corrected chi connectivity index (χ1v) is 6.65. The van der Waals surface area contributed by atoms with Crippen molar-refractivity contribution in [3.63, 3.8) is 0 Å². The van der Waals surface area contributed by atoms with Crippen LogP contribution in [-0.2, 0) is 0 Å². The van der Waals surface area contributed by atoms with Crippen molar-refractivity contribution in [2.24, 2.45) is 0 Å². The first-order chi connectivity index (χ1) is 8.99. The van der Waals surface area contributed by atoms with Crippen LogP contribution >= 0.6 is 27.5 Å². The molecule has 2 nitrogen and oxygen atoms in total. The molecule has 5 heteroatoms. The minimum atomic E-state index is -0.380. The number of amides is 1. The zero-order valence-electron chi connectivity index (χ0n) is 10.0. The van der Waals surface area contributed by atoms with Crippen LogP contribution in [0.2, 0.25) is 5.02 Å². The predicted molar refractivity (Wildman–Crippen MR) is 78.3 cm³/mol. The van der Waals surface area contributed by atoms with E-state index in [9.17, 15) is 9.18 Å². The summed E-state index contributed by atoms with van der Waals surface area (Å²) in [5.74, 6) is -0.614. The molecule has 0 aliphatic heterocycles. The summed E-state index contributed by atoms with van der Waals surface area (Å²) in [6.45, 7) is 0. The Balaban J connectivity index is 2.30. The molecule has 0 unspecified atom stereocenters. The molecule has 1 amide bonds. The summed E-state index contributed by atoms with van der Waals surface area (Å²) in [7, 11) is 1.60. The highest BCUT2D eigenvalue weighted by Crippen LogP contribution is 2.24. The monoisotopic (exact) mass is 341 g/mol. The maximum Gasteiger partial charge on any atom is 0.258 e. The normalized spacial score (nSPS) is 10.3. The third kappa shape index (κ3) is 3.14. The molecule has 0 fully saturated rings. The largest absolute Gasteiger partial charge is 0.311 e. The minimum absolute atomic E-state index is 0.233. The van der Waals surface area contributed by atoms with Gasteiger partial charge in [0, 0.05) is 22.8 Å². The smallest absolute Gasteiger partial charge is 0.258 e. The van der Waals surface area contributed by atoms with Crippen molar-refractivity contribution >= 4 is 39.1 Å². The number of hydrogen-bond acceptors (Lipinski definition) is 1. The summed E-state index contributed by atoms with van der Waals surface area (Å²) >= 11 is 9.15. The fourth-order valence-corrected chi connectivity index (χ4v) is 2.12. The number of rotatable bonds is 2. The molecule has 0 aliphatic carbocycles. The van der Waals surface area contributed by atoms with E-state index in [1.807, 2.05) is 0 Å². The molecule has 0 spiro atoms. The Labute approximate surface area is 123 Å². The molecule has 0 radical (unpaired) electrons. The van der Waals surface area contributed by atoms with E-state index in [1.165, 1.54) is 17.0 Å². The lowest BCUT2D eigenvalue weighted by atomic mass is 10.2. The Bertz CT molecular complexity index is 633. The molecule has 0 atom stereocenters. The maximum absolute atomic E-state index is 13.1. The van der Waals surface area contributed by atoms with Crippen LogP contribution in [0.5, 0.6) is 0 Å². The van der Waals surface area contributed by atoms with E-state index in [0.717, 1.165) is 0 Å². The summed E-state index contributed by atoms with van der Waals surface area (Å²) < 4.78 is 13.8. The van der Waals surface area contributed by atoms with E-state index in [1.54, 1.807) is 37.4 Å². The van der Waals surface area contributed by atoms with Crippen molar-refractivity contribution in [3.05, 3.63) is 63.3 Å². The van der Waals surface area contributed by atoms with E-state index in [-0.39, 0.29) is 11.7 Å². The SMILES string of the molecule is CN(C(=O)c1ccc(Cl)c(Br)c1)c1cccc(F)c1. The molecule has 98 valence electrons. The van der Waals surface area contributed by atoms with Crippen LogP contribution in [-0.4, -0.2) is 13.0 Å². The van der Waals surface area contributed by atoms with Crippen molar-refractivity contribution in [2.75, 3.05) is 11.9 Å². The Kier molecular flexibility index (Phi) is 4.22. The van der Waals surface area contributed by atoms with Gasteiger partial charge in [0.15, 0.2) is 0 Å². The van der Waals surface area contributed by atoms with Crippen molar-refractivity contribution in [3.8, 4) is 0 Å². The lowest BCUT2D eigenvalue weighted by molar-refractivity contribution is 0.0993. The second-order valence-electron chi connectivity index (χ2n) is 3.97. The highest BCUT2D eigenvalue weighted by atomic mass is 79.9. The van der Waals surface area contributed by atoms with Crippen molar-refractivity contribution < 1.29 is 9.18 Å². The number of anilines is 1. The van der Waals surface area contributed by atoms with Crippen molar-refractivity contribution in [1.82, 2.24) is 0 Å². The van der Waals surface area contributed by atoms with Gasteiger partial charge in [-0.2, -0.15) is 0 Å². The van der Waals surface area contributed by atoms with Crippen LogP contribution in [0.25, 0.3) is 0 Å². The number of carbonyl (C=O) groups is 1. The van der Waals surface area contributed by atoms with Gasteiger partial charge in [-0.1, -0.05) is 17.7 Å². The second-order valence-corrected chi connectivity index (χ2v) is 5.23.